The van der Waals surface area contributed by atoms with E-state index in [0.717, 1.165) is 6.20 Å². The van der Waals surface area contributed by atoms with Crippen LogP contribution in [0, 0.1) is 0 Å². The van der Waals surface area contributed by atoms with E-state index in [2.05, 4.69) is 15.3 Å². The zero-order valence-electron chi connectivity index (χ0n) is 7.79. The molecule has 0 bridgehead atoms. The molecule has 0 unspecified atom stereocenters. The van der Waals surface area contributed by atoms with Gasteiger partial charge in [0, 0.05) is 0 Å². The zero-order valence-corrected chi connectivity index (χ0v) is 7.79. The number of anilines is 1. The van der Waals surface area contributed by atoms with Gasteiger partial charge in [0.05, 0.1) is 31.6 Å². The van der Waals surface area contributed by atoms with Crippen LogP contribution in [0.5, 0.6) is 0 Å². The van der Waals surface area contributed by atoms with Crippen molar-refractivity contribution in [2.75, 3.05) is 18.5 Å². The van der Waals surface area contributed by atoms with Crippen molar-refractivity contribution in [2.45, 2.75) is 6.04 Å². The Morgan fingerprint density at radius 2 is 2.00 bits per heavy atom. The monoisotopic (exact) mass is 213 g/mol. The Morgan fingerprint density at radius 3 is 2.40 bits per heavy atom. The highest BCUT2D eigenvalue weighted by Crippen LogP contribution is 2.02. The molecule has 1 aromatic rings. The first-order valence-corrected chi connectivity index (χ1v) is 4.21. The molecule has 82 valence electrons. The lowest BCUT2D eigenvalue weighted by molar-refractivity contribution is 0.0690. The number of aromatic carboxylic acids is 1. The number of carbonyl (C=O) groups is 1. The van der Waals surface area contributed by atoms with Crippen molar-refractivity contribution in [3.8, 4) is 0 Å². The summed E-state index contributed by atoms with van der Waals surface area (Å²) in [5, 5.41) is 28.8. The van der Waals surface area contributed by atoms with Crippen LogP contribution in [-0.2, 0) is 0 Å². The highest BCUT2D eigenvalue weighted by atomic mass is 16.4. The molecule has 7 heteroatoms. The van der Waals surface area contributed by atoms with E-state index >= 15 is 0 Å². The van der Waals surface area contributed by atoms with Gasteiger partial charge in [0.2, 0.25) is 0 Å². The quantitative estimate of drug-likeness (QED) is 0.492. The minimum atomic E-state index is -1.16. The average molecular weight is 213 g/mol. The fourth-order valence-electron chi connectivity index (χ4n) is 0.871. The molecule has 1 aromatic heterocycles. The van der Waals surface area contributed by atoms with Gasteiger partial charge in [-0.2, -0.15) is 0 Å². The number of carboxylic acids is 1. The number of hydrogen-bond donors (Lipinski definition) is 4. The van der Waals surface area contributed by atoms with Crippen molar-refractivity contribution in [1.29, 1.82) is 0 Å². The summed E-state index contributed by atoms with van der Waals surface area (Å²) >= 11 is 0. The fourth-order valence-corrected chi connectivity index (χ4v) is 0.871. The molecule has 0 saturated carbocycles. The largest absolute Gasteiger partial charge is 0.476 e. The molecule has 0 aromatic carbocycles. The summed E-state index contributed by atoms with van der Waals surface area (Å²) in [6.07, 6.45) is 2.32. The number of rotatable bonds is 5. The Labute approximate surface area is 85.4 Å². The maximum absolute atomic E-state index is 10.4. The van der Waals surface area contributed by atoms with Crippen molar-refractivity contribution in [1.82, 2.24) is 9.97 Å². The summed E-state index contributed by atoms with van der Waals surface area (Å²) in [4.78, 5) is 17.8. The van der Waals surface area contributed by atoms with Gasteiger partial charge in [-0.1, -0.05) is 0 Å². The fraction of sp³-hybridized carbons (Fsp3) is 0.375. The van der Waals surface area contributed by atoms with Crippen LogP contribution < -0.4 is 5.32 Å². The smallest absolute Gasteiger partial charge is 0.356 e. The number of aliphatic hydroxyl groups excluding tert-OH is 2. The number of aromatic nitrogens is 2. The van der Waals surface area contributed by atoms with Gasteiger partial charge in [0.15, 0.2) is 5.69 Å². The van der Waals surface area contributed by atoms with E-state index in [1.807, 2.05) is 0 Å². The maximum atomic E-state index is 10.4. The highest BCUT2D eigenvalue weighted by Gasteiger charge is 2.08. The van der Waals surface area contributed by atoms with E-state index in [1.54, 1.807) is 0 Å². The lowest BCUT2D eigenvalue weighted by atomic mass is 10.3. The lowest BCUT2D eigenvalue weighted by Crippen LogP contribution is -2.28. The Bertz CT molecular complexity index is 323. The zero-order chi connectivity index (χ0) is 11.3. The van der Waals surface area contributed by atoms with E-state index in [4.69, 9.17) is 15.3 Å². The molecule has 0 amide bonds. The van der Waals surface area contributed by atoms with Gasteiger partial charge >= 0.3 is 5.97 Å². The normalized spacial score (nSPS) is 10.3. The molecular formula is C8H11N3O4. The Balaban J connectivity index is 2.67. The van der Waals surface area contributed by atoms with Crippen LogP contribution in [0.3, 0.4) is 0 Å². The molecule has 0 fully saturated rings. The number of hydrogen-bond acceptors (Lipinski definition) is 6. The second kappa shape index (κ2) is 5.23. The standard InChI is InChI=1S/C8H11N3O4/c12-3-5(4-13)11-7-2-9-6(1-10-7)8(14)15/h1-2,5,12-13H,3-4H2,(H,10,11)(H,14,15). The minimum absolute atomic E-state index is 0.162. The number of aliphatic hydroxyl groups is 2. The molecule has 0 saturated heterocycles. The summed E-state index contributed by atoms with van der Waals surface area (Å²) < 4.78 is 0. The summed E-state index contributed by atoms with van der Waals surface area (Å²) in [7, 11) is 0. The van der Waals surface area contributed by atoms with Crippen LogP contribution in [0.15, 0.2) is 12.4 Å². The predicted octanol–water partition coefficient (Wildman–Crippen LogP) is -1.06. The molecular weight excluding hydrogens is 202 g/mol. The molecule has 1 rings (SSSR count). The molecule has 7 nitrogen and oxygen atoms in total. The predicted molar refractivity (Wildman–Crippen MR) is 50.6 cm³/mol. The summed E-state index contributed by atoms with van der Waals surface area (Å²) in [5.74, 6) is -0.858. The molecule has 0 radical (unpaired) electrons. The Hall–Kier alpha value is -1.73. The van der Waals surface area contributed by atoms with E-state index in [1.165, 1.54) is 6.20 Å². The van der Waals surface area contributed by atoms with Gasteiger partial charge in [0.1, 0.15) is 5.82 Å². The minimum Gasteiger partial charge on any atom is -0.476 e. The van der Waals surface area contributed by atoms with Crippen LogP contribution in [0.2, 0.25) is 0 Å². The third-order valence-electron chi connectivity index (χ3n) is 1.66. The maximum Gasteiger partial charge on any atom is 0.356 e. The van der Waals surface area contributed by atoms with Crippen molar-refractivity contribution in [3.05, 3.63) is 18.1 Å². The lowest BCUT2D eigenvalue weighted by Gasteiger charge is -2.13. The highest BCUT2D eigenvalue weighted by molar-refractivity contribution is 5.84. The summed E-state index contributed by atoms with van der Waals surface area (Å²) in [6, 6.07) is -0.532. The SMILES string of the molecule is O=C(O)c1cnc(NC(CO)CO)cn1. The van der Waals surface area contributed by atoms with Crippen LogP contribution in [-0.4, -0.2) is 50.5 Å². The summed E-state index contributed by atoms with van der Waals surface area (Å²) in [5.41, 5.74) is -0.162. The van der Waals surface area contributed by atoms with Gasteiger partial charge in [0.25, 0.3) is 0 Å². The Morgan fingerprint density at radius 1 is 1.33 bits per heavy atom. The molecule has 1 heterocycles. The molecule has 15 heavy (non-hydrogen) atoms. The molecule has 0 aliphatic rings. The van der Waals surface area contributed by atoms with E-state index in [9.17, 15) is 4.79 Å². The van der Waals surface area contributed by atoms with Gasteiger partial charge in [-0.3, -0.25) is 0 Å². The number of carboxylic acid groups (broad SMARTS) is 1. The first-order valence-electron chi connectivity index (χ1n) is 4.21. The summed E-state index contributed by atoms with van der Waals surface area (Å²) in [6.45, 7) is -0.502. The van der Waals surface area contributed by atoms with Gasteiger partial charge in [-0.05, 0) is 0 Å². The third kappa shape index (κ3) is 3.15. The average Bonchev–Trinajstić information content (AvgIpc) is 2.26. The van der Waals surface area contributed by atoms with Crippen LogP contribution in [0.25, 0.3) is 0 Å². The van der Waals surface area contributed by atoms with Crippen molar-refractivity contribution >= 4 is 11.8 Å². The van der Waals surface area contributed by atoms with Crippen LogP contribution >= 0.6 is 0 Å². The van der Waals surface area contributed by atoms with E-state index in [0.29, 0.717) is 5.82 Å². The Kier molecular flexibility index (Phi) is 3.95. The molecule has 0 aliphatic heterocycles. The molecule has 0 aliphatic carbocycles. The second-order valence-electron chi connectivity index (χ2n) is 2.80. The second-order valence-corrected chi connectivity index (χ2v) is 2.80. The van der Waals surface area contributed by atoms with Crippen LogP contribution in [0.4, 0.5) is 5.82 Å². The van der Waals surface area contributed by atoms with E-state index in [-0.39, 0.29) is 18.9 Å². The van der Waals surface area contributed by atoms with Gasteiger partial charge in [-0.15, -0.1) is 0 Å². The third-order valence-corrected chi connectivity index (χ3v) is 1.66. The molecule has 0 spiro atoms. The van der Waals surface area contributed by atoms with Crippen molar-refractivity contribution in [2.24, 2.45) is 0 Å². The molecule has 4 N–H and O–H groups in total. The van der Waals surface area contributed by atoms with Gasteiger partial charge < -0.3 is 20.6 Å². The molecule has 0 atom stereocenters. The van der Waals surface area contributed by atoms with Crippen molar-refractivity contribution < 1.29 is 20.1 Å². The topological polar surface area (TPSA) is 116 Å². The van der Waals surface area contributed by atoms with Gasteiger partial charge in [-0.25, -0.2) is 14.8 Å². The number of nitrogens with one attached hydrogen (secondary N) is 1. The van der Waals surface area contributed by atoms with Crippen LogP contribution in [0.1, 0.15) is 10.5 Å². The van der Waals surface area contributed by atoms with Crippen molar-refractivity contribution in [3.63, 3.8) is 0 Å². The first kappa shape index (κ1) is 11.3. The first-order chi connectivity index (χ1) is 7.17. The number of nitrogens with zero attached hydrogens (tertiary/aromatic N) is 2. The van der Waals surface area contributed by atoms with E-state index < -0.39 is 12.0 Å².